The van der Waals surface area contributed by atoms with E-state index in [9.17, 15) is 9.59 Å². The van der Waals surface area contributed by atoms with Crippen LogP contribution in [-0.4, -0.2) is 40.5 Å². The summed E-state index contributed by atoms with van der Waals surface area (Å²) in [4.78, 5) is 31.5. The lowest BCUT2D eigenvalue weighted by Crippen LogP contribution is -2.40. The van der Waals surface area contributed by atoms with Gasteiger partial charge in [-0.3, -0.25) is 9.59 Å². The van der Waals surface area contributed by atoms with E-state index < -0.39 is 29.0 Å². The van der Waals surface area contributed by atoms with E-state index in [2.05, 4.69) is 89.3 Å². The monoisotopic (exact) mass is 662 g/mol. The van der Waals surface area contributed by atoms with Gasteiger partial charge in [0.1, 0.15) is 17.4 Å². The molecule has 0 fully saturated rings. The summed E-state index contributed by atoms with van der Waals surface area (Å²) in [5, 5.41) is 3.64. The number of imidazole rings is 1. The van der Waals surface area contributed by atoms with Crippen LogP contribution in [0, 0.1) is 5.41 Å². The molecule has 0 aliphatic heterocycles. The van der Waals surface area contributed by atoms with Crippen LogP contribution in [0.1, 0.15) is 42.5 Å². The molecule has 1 unspecified atom stereocenters. The zero-order valence-electron chi connectivity index (χ0n) is 28.6. The van der Waals surface area contributed by atoms with Gasteiger partial charge in [0.2, 0.25) is 0 Å². The van der Waals surface area contributed by atoms with Crippen molar-refractivity contribution < 1.29 is 14.3 Å². The number of esters is 1. The minimum absolute atomic E-state index is 0.127. The lowest BCUT2D eigenvalue weighted by atomic mass is 9.74. The summed E-state index contributed by atoms with van der Waals surface area (Å²) < 4.78 is 6.99. The van der Waals surface area contributed by atoms with Gasteiger partial charge in [-0.15, -0.1) is 0 Å². The van der Waals surface area contributed by atoms with E-state index in [1.165, 1.54) is 7.11 Å². The third kappa shape index (κ3) is 6.48. The average Bonchev–Trinajstić information content (AvgIpc) is 3.62. The molecule has 1 heterocycles. The number of anilines is 1. The quantitative estimate of drug-likeness (QED) is 0.106. The molecule has 5 aromatic rings. The number of ether oxygens (including phenoxy) is 1. The fourth-order valence-corrected chi connectivity index (χ4v) is 6.98. The van der Waals surface area contributed by atoms with Crippen molar-refractivity contribution in [2.45, 2.75) is 37.9 Å². The Hall–Kier alpha value is -5.79. The molecule has 0 spiro atoms. The van der Waals surface area contributed by atoms with Crippen LogP contribution >= 0.6 is 0 Å². The van der Waals surface area contributed by atoms with E-state index in [-0.39, 0.29) is 12.2 Å². The van der Waals surface area contributed by atoms with E-state index >= 15 is 0 Å². The number of nitrogens with one attached hydrogen (secondary N) is 1. The van der Waals surface area contributed by atoms with Crippen LogP contribution in [0.15, 0.2) is 164 Å². The SMILES string of the molecule is C=C1C=CC(C(=O)C(C)(C)C[C@H](N)C(=O)OC)=C(c2ccccc2)C1Nc1cn(C(c2ccccc2)(c2ccccc2)c2ccccc2)cn1. The third-order valence-electron chi connectivity index (χ3n) is 9.43. The van der Waals surface area contributed by atoms with Crippen molar-refractivity contribution in [1.29, 1.82) is 0 Å². The van der Waals surface area contributed by atoms with Crippen LogP contribution in [-0.2, 0) is 19.9 Å². The molecule has 0 saturated carbocycles. The molecule has 50 heavy (non-hydrogen) atoms. The Morgan fingerprint density at radius 2 is 1.34 bits per heavy atom. The van der Waals surface area contributed by atoms with Gasteiger partial charge in [0.15, 0.2) is 5.78 Å². The molecule has 1 aromatic heterocycles. The molecular weight excluding hydrogens is 620 g/mol. The van der Waals surface area contributed by atoms with Gasteiger partial charge in [-0.1, -0.05) is 154 Å². The minimum atomic E-state index is -0.960. The summed E-state index contributed by atoms with van der Waals surface area (Å²) in [6.45, 7) is 8.02. The Bertz CT molecular complexity index is 1930. The lowest BCUT2D eigenvalue weighted by Gasteiger charge is -2.37. The maximum atomic E-state index is 14.4. The Morgan fingerprint density at radius 1 is 0.840 bits per heavy atom. The van der Waals surface area contributed by atoms with Crippen molar-refractivity contribution in [2.75, 3.05) is 12.4 Å². The lowest BCUT2D eigenvalue weighted by molar-refractivity contribution is -0.143. The fourth-order valence-electron chi connectivity index (χ4n) is 6.98. The Labute approximate surface area is 293 Å². The van der Waals surface area contributed by atoms with Gasteiger partial charge in [-0.05, 0) is 39.8 Å². The Kier molecular flexibility index (Phi) is 9.79. The highest BCUT2D eigenvalue weighted by Gasteiger charge is 2.40. The fraction of sp³-hybridized carbons (Fsp3) is 0.186. The number of nitrogens with two attached hydrogens (primary N) is 1. The number of methoxy groups -OCH3 is 1. The number of aromatic nitrogens is 2. The van der Waals surface area contributed by atoms with Crippen LogP contribution in [0.5, 0.6) is 0 Å². The first-order valence-electron chi connectivity index (χ1n) is 16.7. The topological polar surface area (TPSA) is 99.2 Å². The highest BCUT2D eigenvalue weighted by atomic mass is 16.5. The second-order valence-electron chi connectivity index (χ2n) is 13.2. The maximum absolute atomic E-state index is 14.4. The second-order valence-corrected chi connectivity index (χ2v) is 13.2. The smallest absolute Gasteiger partial charge is 0.322 e. The van der Waals surface area contributed by atoms with Gasteiger partial charge < -0.3 is 20.4 Å². The third-order valence-corrected chi connectivity index (χ3v) is 9.43. The molecular formula is C43H42N4O3. The van der Waals surface area contributed by atoms with Gasteiger partial charge >= 0.3 is 5.97 Å². The molecule has 0 radical (unpaired) electrons. The Morgan fingerprint density at radius 3 is 1.84 bits per heavy atom. The summed E-state index contributed by atoms with van der Waals surface area (Å²) in [6.07, 6.45) is 7.68. The normalized spacial score (nSPS) is 15.4. The van der Waals surface area contributed by atoms with E-state index in [1.807, 2.05) is 87.1 Å². The Balaban J connectivity index is 1.46. The highest BCUT2D eigenvalue weighted by molar-refractivity contribution is 6.10. The number of benzene rings is 4. The number of hydrogen-bond acceptors (Lipinski definition) is 6. The van der Waals surface area contributed by atoms with Crippen molar-refractivity contribution in [3.63, 3.8) is 0 Å². The molecule has 0 amide bonds. The first-order chi connectivity index (χ1) is 24.2. The zero-order valence-corrected chi connectivity index (χ0v) is 28.6. The molecule has 2 atom stereocenters. The van der Waals surface area contributed by atoms with Crippen LogP contribution in [0.2, 0.25) is 0 Å². The second kappa shape index (κ2) is 14.4. The van der Waals surface area contributed by atoms with E-state index in [0.29, 0.717) is 11.4 Å². The van der Waals surface area contributed by atoms with Crippen molar-refractivity contribution in [1.82, 2.24) is 9.55 Å². The predicted octanol–water partition coefficient (Wildman–Crippen LogP) is 7.57. The first-order valence-corrected chi connectivity index (χ1v) is 16.7. The number of carbonyl (C=O) groups is 2. The first kappa shape index (κ1) is 34.1. The molecule has 0 saturated heterocycles. The van der Waals surface area contributed by atoms with E-state index in [1.54, 1.807) is 0 Å². The number of nitrogens with zero attached hydrogens (tertiary/aromatic N) is 2. The standard InChI is InChI=1S/C43H42N4O3/c1-30-25-26-35(40(48)42(2,3)27-36(44)41(49)50-4)38(31-17-9-5-10-18-31)39(30)46-37-28-47(29-45-37)43(32-19-11-6-12-20-32,33-21-13-7-14-22-33)34-23-15-8-16-24-34/h5-26,28-29,36,39,46H,1,27,44H2,2-4H3/t36-,39?/m0/s1. The largest absolute Gasteiger partial charge is 0.468 e. The molecule has 7 heteroatoms. The number of ketones is 1. The van der Waals surface area contributed by atoms with Gasteiger partial charge in [0, 0.05) is 17.2 Å². The average molecular weight is 663 g/mol. The molecule has 6 rings (SSSR count). The van der Waals surface area contributed by atoms with Crippen molar-refractivity contribution >= 4 is 23.1 Å². The number of carbonyl (C=O) groups excluding carboxylic acids is 2. The van der Waals surface area contributed by atoms with Gasteiger partial charge in [-0.2, -0.15) is 0 Å². The van der Waals surface area contributed by atoms with Crippen molar-refractivity contribution in [3.05, 3.63) is 186 Å². The number of rotatable bonds is 12. The molecule has 0 bridgehead atoms. The highest BCUT2D eigenvalue weighted by Crippen LogP contribution is 2.42. The maximum Gasteiger partial charge on any atom is 0.322 e. The predicted molar refractivity (Wildman–Crippen MR) is 199 cm³/mol. The van der Waals surface area contributed by atoms with E-state index in [0.717, 1.165) is 33.4 Å². The summed E-state index contributed by atoms with van der Waals surface area (Å²) in [7, 11) is 1.30. The van der Waals surface area contributed by atoms with Crippen molar-refractivity contribution in [2.24, 2.45) is 11.1 Å². The van der Waals surface area contributed by atoms with Crippen LogP contribution < -0.4 is 11.1 Å². The number of hydrogen-bond donors (Lipinski definition) is 2. The number of Topliss-reactive ketones (excluding diaryl/α,β-unsaturated/α-hetero) is 1. The summed E-state index contributed by atoms with van der Waals surface area (Å²) in [5.74, 6) is -0.0673. The molecule has 252 valence electrons. The summed E-state index contributed by atoms with van der Waals surface area (Å²) in [6, 6.07) is 39.7. The summed E-state index contributed by atoms with van der Waals surface area (Å²) in [5.41, 5.74) is 10.6. The van der Waals surface area contributed by atoms with Crippen LogP contribution in [0.4, 0.5) is 5.82 Å². The minimum Gasteiger partial charge on any atom is -0.468 e. The molecule has 1 aliphatic carbocycles. The van der Waals surface area contributed by atoms with Crippen molar-refractivity contribution in [3.8, 4) is 0 Å². The molecule has 4 aromatic carbocycles. The molecule has 3 N–H and O–H groups in total. The van der Waals surface area contributed by atoms with E-state index in [4.69, 9.17) is 15.5 Å². The van der Waals surface area contributed by atoms with Gasteiger partial charge in [0.05, 0.1) is 19.5 Å². The molecule has 7 nitrogen and oxygen atoms in total. The summed E-state index contributed by atoms with van der Waals surface area (Å²) >= 11 is 0. The van der Waals surface area contributed by atoms with Gasteiger partial charge in [-0.25, -0.2) is 4.98 Å². The zero-order chi connectivity index (χ0) is 35.3. The van der Waals surface area contributed by atoms with Gasteiger partial charge in [0.25, 0.3) is 0 Å². The molecule has 1 aliphatic rings. The van der Waals surface area contributed by atoms with Crippen LogP contribution in [0.25, 0.3) is 5.57 Å². The van der Waals surface area contributed by atoms with Crippen LogP contribution in [0.3, 0.4) is 0 Å². The number of allylic oxidation sites excluding steroid dienone is 2.